The summed E-state index contributed by atoms with van der Waals surface area (Å²) in [7, 11) is 1.30. The third kappa shape index (κ3) is 3.07. The zero-order valence-electron chi connectivity index (χ0n) is 11.4. The van der Waals surface area contributed by atoms with Crippen molar-refractivity contribution in [3.8, 4) is 5.75 Å². The SMILES string of the molecule is COC(=O)CN(C(=O)c1ccncc1O)C1CCCC1. The number of aromatic hydroxyl groups is 1. The van der Waals surface area contributed by atoms with E-state index < -0.39 is 5.97 Å². The number of nitrogens with zero attached hydrogens (tertiary/aromatic N) is 2. The number of hydrogen-bond donors (Lipinski definition) is 1. The van der Waals surface area contributed by atoms with Gasteiger partial charge in [-0.25, -0.2) is 0 Å². The molecule has 6 heteroatoms. The zero-order valence-corrected chi connectivity index (χ0v) is 11.4. The summed E-state index contributed by atoms with van der Waals surface area (Å²) in [4.78, 5) is 29.3. The maximum absolute atomic E-state index is 12.5. The van der Waals surface area contributed by atoms with Crippen molar-refractivity contribution in [2.24, 2.45) is 0 Å². The summed E-state index contributed by atoms with van der Waals surface area (Å²) in [6.45, 7) is -0.0955. The van der Waals surface area contributed by atoms with E-state index in [-0.39, 0.29) is 29.8 Å². The maximum atomic E-state index is 12.5. The van der Waals surface area contributed by atoms with Crippen LogP contribution in [0.5, 0.6) is 5.75 Å². The smallest absolute Gasteiger partial charge is 0.325 e. The van der Waals surface area contributed by atoms with E-state index in [0.29, 0.717) is 0 Å². The van der Waals surface area contributed by atoms with E-state index in [1.54, 1.807) is 0 Å². The van der Waals surface area contributed by atoms with Gasteiger partial charge < -0.3 is 14.7 Å². The number of rotatable bonds is 4. The second kappa shape index (κ2) is 6.36. The van der Waals surface area contributed by atoms with E-state index in [9.17, 15) is 14.7 Å². The Bertz CT molecular complexity index is 498. The van der Waals surface area contributed by atoms with Crippen LogP contribution in [0.4, 0.5) is 0 Å². The normalized spacial score (nSPS) is 15.1. The Morgan fingerprint density at radius 2 is 2.15 bits per heavy atom. The summed E-state index contributed by atoms with van der Waals surface area (Å²) in [5, 5.41) is 9.74. The third-order valence-corrected chi connectivity index (χ3v) is 3.58. The van der Waals surface area contributed by atoms with Crippen LogP contribution in [0.2, 0.25) is 0 Å². The molecule has 1 fully saturated rings. The van der Waals surface area contributed by atoms with Crippen molar-refractivity contribution in [3.05, 3.63) is 24.0 Å². The number of hydrogen-bond acceptors (Lipinski definition) is 5. The highest BCUT2D eigenvalue weighted by atomic mass is 16.5. The average Bonchev–Trinajstić information content (AvgIpc) is 2.98. The minimum absolute atomic E-state index is 0.0224. The number of carbonyl (C=O) groups is 2. The molecule has 0 aromatic carbocycles. The van der Waals surface area contributed by atoms with Crippen molar-refractivity contribution in [2.75, 3.05) is 13.7 Å². The van der Waals surface area contributed by atoms with Gasteiger partial charge in [0.05, 0.1) is 18.9 Å². The highest BCUT2D eigenvalue weighted by Gasteiger charge is 2.30. The van der Waals surface area contributed by atoms with Crippen LogP contribution < -0.4 is 0 Å². The molecule has 2 rings (SSSR count). The summed E-state index contributed by atoms with van der Waals surface area (Å²) in [5.41, 5.74) is 0.163. The van der Waals surface area contributed by atoms with Gasteiger partial charge in [0.15, 0.2) is 0 Å². The lowest BCUT2D eigenvalue weighted by Crippen LogP contribution is -2.42. The summed E-state index contributed by atoms with van der Waals surface area (Å²) in [6.07, 6.45) is 6.48. The molecule has 0 saturated heterocycles. The van der Waals surface area contributed by atoms with E-state index in [0.717, 1.165) is 25.7 Å². The van der Waals surface area contributed by atoms with E-state index in [2.05, 4.69) is 9.72 Å². The summed E-state index contributed by atoms with van der Waals surface area (Å²) in [5.74, 6) is -0.994. The Kier molecular flexibility index (Phi) is 4.55. The first-order chi connectivity index (χ1) is 9.63. The first kappa shape index (κ1) is 14.3. The summed E-state index contributed by atoms with van der Waals surface area (Å²) >= 11 is 0. The molecule has 1 aromatic rings. The van der Waals surface area contributed by atoms with Gasteiger partial charge in [-0.15, -0.1) is 0 Å². The fraction of sp³-hybridized carbons (Fsp3) is 0.500. The Hall–Kier alpha value is -2.11. The van der Waals surface area contributed by atoms with Gasteiger partial charge in [0.25, 0.3) is 5.91 Å². The van der Waals surface area contributed by atoms with Gasteiger partial charge in [0.2, 0.25) is 0 Å². The molecular weight excluding hydrogens is 260 g/mol. The maximum Gasteiger partial charge on any atom is 0.325 e. The predicted molar refractivity (Wildman–Crippen MR) is 71.2 cm³/mol. The number of esters is 1. The van der Waals surface area contributed by atoms with Crippen LogP contribution in [-0.4, -0.2) is 46.6 Å². The Labute approximate surface area is 117 Å². The minimum Gasteiger partial charge on any atom is -0.505 e. The molecular formula is C14H18N2O4. The molecule has 108 valence electrons. The van der Waals surface area contributed by atoms with Gasteiger partial charge in [-0.3, -0.25) is 14.6 Å². The van der Waals surface area contributed by atoms with Crippen LogP contribution in [0.25, 0.3) is 0 Å². The second-order valence-corrected chi connectivity index (χ2v) is 4.84. The number of ether oxygens (including phenoxy) is 1. The molecule has 6 nitrogen and oxygen atoms in total. The molecule has 1 heterocycles. The Balaban J connectivity index is 2.23. The standard InChI is InChI=1S/C14H18N2O4/c1-20-13(18)9-16(10-4-2-3-5-10)14(19)11-6-7-15-8-12(11)17/h6-8,10,17H,2-5,9H2,1H3. The second-order valence-electron chi connectivity index (χ2n) is 4.84. The minimum atomic E-state index is -0.459. The lowest BCUT2D eigenvalue weighted by Gasteiger charge is -2.28. The lowest BCUT2D eigenvalue weighted by molar-refractivity contribution is -0.141. The summed E-state index contributed by atoms with van der Waals surface area (Å²) in [6, 6.07) is 1.48. The van der Waals surface area contributed by atoms with Crippen LogP contribution in [0.3, 0.4) is 0 Å². The van der Waals surface area contributed by atoms with Crippen molar-refractivity contribution in [3.63, 3.8) is 0 Å². The Morgan fingerprint density at radius 3 is 2.75 bits per heavy atom. The van der Waals surface area contributed by atoms with Crippen molar-refractivity contribution < 1.29 is 19.4 Å². The van der Waals surface area contributed by atoms with Gasteiger partial charge >= 0.3 is 5.97 Å². The average molecular weight is 278 g/mol. The molecule has 1 aliphatic rings. The van der Waals surface area contributed by atoms with Crippen LogP contribution in [0.15, 0.2) is 18.5 Å². The van der Waals surface area contributed by atoms with E-state index in [1.807, 2.05) is 0 Å². The van der Waals surface area contributed by atoms with Crippen molar-refractivity contribution in [1.82, 2.24) is 9.88 Å². The highest BCUT2D eigenvalue weighted by Crippen LogP contribution is 2.26. The molecule has 20 heavy (non-hydrogen) atoms. The molecule has 1 aromatic heterocycles. The molecule has 0 unspecified atom stereocenters. The molecule has 0 spiro atoms. The Morgan fingerprint density at radius 1 is 1.45 bits per heavy atom. The molecule has 0 atom stereocenters. The first-order valence-corrected chi connectivity index (χ1v) is 6.64. The number of aromatic nitrogens is 1. The zero-order chi connectivity index (χ0) is 14.5. The number of carbonyl (C=O) groups excluding carboxylic acids is 2. The van der Waals surface area contributed by atoms with Crippen LogP contribution in [0, 0.1) is 0 Å². The molecule has 0 aliphatic heterocycles. The van der Waals surface area contributed by atoms with E-state index in [1.165, 1.54) is 30.5 Å². The van der Waals surface area contributed by atoms with Crippen molar-refractivity contribution in [1.29, 1.82) is 0 Å². The van der Waals surface area contributed by atoms with Crippen LogP contribution in [-0.2, 0) is 9.53 Å². The number of methoxy groups -OCH3 is 1. The fourth-order valence-corrected chi connectivity index (χ4v) is 2.51. The van der Waals surface area contributed by atoms with Gasteiger partial charge in [-0.2, -0.15) is 0 Å². The molecule has 0 bridgehead atoms. The van der Waals surface area contributed by atoms with E-state index in [4.69, 9.17) is 0 Å². The molecule has 1 aliphatic carbocycles. The van der Waals surface area contributed by atoms with Gasteiger partial charge in [0.1, 0.15) is 12.3 Å². The van der Waals surface area contributed by atoms with E-state index >= 15 is 0 Å². The van der Waals surface area contributed by atoms with Crippen LogP contribution in [0.1, 0.15) is 36.0 Å². The monoisotopic (exact) mass is 278 g/mol. The summed E-state index contributed by atoms with van der Waals surface area (Å²) < 4.78 is 4.65. The quantitative estimate of drug-likeness (QED) is 0.841. The van der Waals surface area contributed by atoms with Gasteiger partial charge in [-0.1, -0.05) is 12.8 Å². The number of amides is 1. The highest BCUT2D eigenvalue weighted by molar-refractivity contribution is 5.98. The fourth-order valence-electron chi connectivity index (χ4n) is 2.51. The van der Waals surface area contributed by atoms with Gasteiger partial charge in [0, 0.05) is 12.2 Å². The first-order valence-electron chi connectivity index (χ1n) is 6.64. The lowest BCUT2D eigenvalue weighted by atomic mass is 10.1. The van der Waals surface area contributed by atoms with Gasteiger partial charge in [-0.05, 0) is 18.9 Å². The van der Waals surface area contributed by atoms with Crippen molar-refractivity contribution >= 4 is 11.9 Å². The molecule has 1 N–H and O–H groups in total. The largest absolute Gasteiger partial charge is 0.505 e. The van der Waals surface area contributed by atoms with Crippen LogP contribution >= 0.6 is 0 Å². The number of pyridine rings is 1. The van der Waals surface area contributed by atoms with Crippen molar-refractivity contribution in [2.45, 2.75) is 31.7 Å². The topological polar surface area (TPSA) is 79.7 Å². The molecule has 1 saturated carbocycles. The predicted octanol–water partition coefficient (Wildman–Crippen LogP) is 1.34. The molecule has 1 amide bonds. The third-order valence-electron chi connectivity index (χ3n) is 3.58. The molecule has 0 radical (unpaired) electrons.